The van der Waals surface area contributed by atoms with Gasteiger partial charge in [-0.05, 0) is 31.6 Å². The van der Waals surface area contributed by atoms with E-state index >= 15 is 0 Å². The van der Waals surface area contributed by atoms with Crippen LogP contribution in [-0.4, -0.2) is 59.8 Å². The Morgan fingerprint density at radius 1 is 1.22 bits per heavy atom. The Labute approximate surface area is 162 Å². The number of aliphatic hydroxyl groups excluding tert-OH is 1. The standard InChI is InChI=1S/C20H33N5O2/c1-20(2,3)19(27)21-11-15-6-4-8-24(12-15)17-10-18(23-14-22-17)25-9-5-7-16(25)13-26/h10,14-16,26H,4-9,11-13H2,1-3H3,(H,21,27). The summed E-state index contributed by atoms with van der Waals surface area (Å²) in [7, 11) is 0. The monoisotopic (exact) mass is 375 g/mol. The highest BCUT2D eigenvalue weighted by Crippen LogP contribution is 2.27. The van der Waals surface area contributed by atoms with E-state index in [1.165, 1.54) is 0 Å². The second kappa shape index (κ2) is 8.42. The molecule has 2 aliphatic heterocycles. The molecule has 2 fully saturated rings. The van der Waals surface area contributed by atoms with Crippen LogP contribution in [0.2, 0.25) is 0 Å². The van der Waals surface area contributed by atoms with Gasteiger partial charge in [0.1, 0.15) is 18.0 Å². The number of anilines is 2. The molecule has 0 spiro atoms. The lowest BCUT2D eigenvalue weighted by Crippen LogP contribution is -2.43. The van der Waals surface area contributed by atoms with Crippen molar-refractivity contribution in [3.63, 3.8) is 0 Å². The Morgan fingerprint density at radius 2 is 1.96 bits per heavy atom. The first kappa shape index (κ1) is 19.9. The molecule has 7 nitrogen and oxygen atoms in total. The Kier molecular flexibility index (Phi) is 6.19. The zero-order valence-electron chi connectivity index (χ0n) is 16.8. The third kappa shape index (κ3) is 4.89. The highest BCUT2D eigenvalue weighted by Gasteiger charge is 2.27. The van der Waals surface area contributed by atoms with Gasteiger partial charge in [0.25, 0.3) is 0 Å². The molecular weight excluding hydrogens is 342 g/mol. The Morgan fingerprint density at radius 3 is 2.70 bits per heavy atom. The Balaban J connectivity index is 1.62. The molecule has 3 rings (SSSR count). The normalized spacial score (nSPS) is 23.6. The van der Waals surface area contributed by atoms with E-state index in [1.54, 1.807) is 6.33 Å². The second-order valence-corrected chi connectivity index (χ2v) is 8.82. The van der Waals surface area contributed by atoms with Gasteiger partial charge in [-0.1, -0.05) is 20.8 Å². The first-order chi connectivity index (χ1) is 12.9. The minimum Gasteiger partial charge on any atom is -0.394 e. The fourth-order valence-corrected chi connectivity index (χ4v) is 3.94. The Hall–Kier alpha value is -1.89. The molecule has 0 saturated carbocycles. The molecule has 0 radical (unpaired) electrons. The molecule has 0 aromatic carbocycles. The van der Waals surface area contributed by atoms with E-state index in [2.05, 4.69) is 25.1 Å². The van der Waals surface area contributed by atoms with Gasteiger partial charge in [0, 0.05) is 37.7 Å². The van der Waals surface area contributed by atoms with Crippen molar-refractivity contribution in [2.75, 3.05) is 42.6 Å². The fraction of sp³-hybridized carbons (Fsp3) is 0.750. The number of nitrogens with zero attached hydrogens (tertiary/aromatic N) is 4. The molecule has 2 saturated heterocycles. The predicted molar refractivity (Wildman–Crippen MR) is 107 cm³/mol. The van der Waals surface area contributed by atoms with Gasteiger partial charge < -0.3 is 20.2 Å². The fourth-order valence-electron chi connectivity index (χ4n) is 3.94. The third-order valence-electron chi connectivity index (χ3n) is 5.60. The van der Waals surface area contributed by atoms with Crippen molar-refractivity contribution < 1.29 is 9.90 Å². The van der Waals surface area contributed by atoms with Crippen molar-refractivity contribution in [3.05, 3.63) is 12.4 Å². The molecule has 150 valence electrons. The molecule has 0 aliphatic carbocycles. The molecule has 27 heavy (non-hydrogen) atoms. The van der Waals surface area contributed by atoms with Crippen LogP contribution in [0.15, 0.2) is 12.4 Å². The van der Waals surface area contributed by atoms with Crippen LogP contribution in [0.1, 0.15) is 46.5 Å². The molecule has 7 heteroatoms. The van der Waals surface area contributed by atoms with Gasteiger partial charge >= 0.3 is 0 Å². The van der Waals surface area contributed by atoms with Crippen LogP contribution in [0.4, 0.5) is 11.6 Å². The first-order valence-electron chi connectivity index (χ1n) is 10.1. The first-order valence-corrected chi connectivity index (χ1v) is 10.1. The van der Waals surface area contributed by atoms with Gasteiger partial charge in [-0.25, -0.2) is 9.97 Å². The summed E-state index contributed by atoms with van der Waals surface area (Å²) in [6, 6.07) is 2.21. The number of piperidine rings is 1. The summed E-state index contributed by atoms with van der Waals surface area (Å²) in [6.07, 6.45) is 5.94. The highest BCUT2D eigenvalue weighted by atomic mass is 16.3. The molecule has 2 unspecified atom stereocenters. The van der Waals surface area contributed by atoms with Gasteiger partial charge in [-0.2, -0.15) is 0 Å². The maximum atomic E-state index is 12.1. The van der Waals surface area contributed by atoms with Crippen molar-refractivity contribution >= 4 is 17.5 Å². The summed E-state index contributed by atoms with van der Waals surface area (Å²) in [5.74, 6) is 2.38. The number of rotatable bonds is 5. The number of aromatic nitrogens is 2. The molecule has 1 aromatic heterocycles. The van der Waals surface area contributed by atoms with Gasteiger partial charge in [0.2, 0.25) is 5.91 Å². The lowest BCUT2D eigenvalue weighted by Gasteiger charge is -2.34. The summed E-state index contributed by atoms with van der Waals surface area (Å²) in [6.45, 7) is 9.50. The number of nitrogens with one attached hydrogen (secondary N) is 1. The zero-order valence-corrected chi connectivity index (χ0v) is 16.8. The SMILES string of the molecule is CC(C)(C)C(=O)NCC1CCCN(c2cc(N3CCCC3CO)ncn2)C1. The van der Waals surface area contributed by atoms with Crippen molar-refractivity contribution in [1.82, 2.24) is 15.3 Å². The van der Waals surface area contributed by atoms with Crippen LogP contribution in [0.3, 0.4) is 0 Å². The van der Waals surface area contributed by atoms with E-state index in [4.69, 9.17) is 0 Å². The van der Waals surface area contributed by atoms with Crippen molar-refractivity contribution in [2.24, 2.45) is 11.3 Å². The quantitative estimate of drug-likeness (QED) is 0.817. The molecule has 1 aromatic rings. The largest absolute Gasteiger partial charge is 0.394 e. The minimum atomic E-state index is -0.352. The minimum absolute atomic E-state index is 0.105. The highest BCUT2D eigenvalue weighted by molar-refractivity contribution is 5.81. The van der Waals surface area contributed by atoms with Gasteiger partial charge in [-0.15, -0.1) is 0 Å². The number of aliphatic hydroxyl groups is 1. The topological polar surface area (TPSA) is 81.6 Å². The van der Waals surface area contributed by atoms with Crippen LogP contribution in [0, 0.1) is 11.3 Å². The second-order valence-electron chi connectivity index (χ2n) is 8.82. The molecule has 1 amide bonds. The lowest BCUT2D eigenvalue weighted by molar-refractivity contribution is -0.128. The van der Waals surface area contributed by atoms with E-state index in [-0.39, 0.29) is 24.0 Å². The number of hydrogen-bond donors (Lipinski definition) is 2. The van der Waals surface area contributed by atoms with Crippen molar-refractivity contribution in [2.45, 2.75) is 52.5 Å². The Bertz CT molecular complexity index is 646. The summed E-state index contributed by atoms with van der Waals surface area (Å²) in [5, 5.41) is 12.7. The number of carbonyl (C=O) groups is 1. The molecule has 2 aliphatic rings. The van der Waals surface area contributed by atoms with Crippen LogP contribution in [0.25, 0.3) is 0 Å². The van der Waals surface area contributed by atoms with E-state index in [0.717, 1.165) is 57.0 Å². The molecule has 3 heterocycles. The number of hydrogen-bond acceptors (Lipinski definition) is 6. The maximum absolute atomic E-state index is 12.1. The summed E-state index contributed by atoms with van der Waals surface area (Å²) in [5.41, 5.74) is -0.352. The lowest BCUT2D eigenvalue weighted by atomic mass is 9.94. The number of carbonyl (C=O) groups excluding carboxylic acids is 1. The van der Waals surface area contributed by atoms with E-state index < -0.39 is 0 Å². The van der Waals surface area contributed by atoms with Crippen LogP contribution >= 0.6 is 0 Å². The van der Waals surface area contributed by atoms with E-state index in [1.807, 2.05) is 26.8 Å². The molecular formula is C20H33N5O2. The molecule has 2 N–H and O–H groups in total. The van der Waals surface area contributed by atoms with E-state index in [9.17, 15) is 9.90 Å². The van der Waals surface area contributed by atoms with Gasteiger partial charge in [0.15, 0.2) is 0 Å². The van der Waals surface area contributed by atoms with Crippen LogP contribution in [0.5, 0.6) is 0 Å². The summed E-state index contributed by atoms with van der Waals surface area (Å²) < 4.78 is 0. The van der Waals surface area contributed by atoms with Gasteiger partial charge in [-0.3, -0.25) is 4.79 Å². The van der Waals surface area contributed by atoms with Crippen molar-refractivity contribution in [3.8, 4) is 0 Å². The molecule has 2 atom stereocenters. The van der Waals surface area contributed by atoms with Crippen LogP contribution in [-0.2, 0) is 4.79 Å². The number of amides is 1. The zero-order chi connectivity index (χ0) is 19.4. The predicted octanol–water partition coefficient (Wildman–Crippen LogP) is 1.82. The third-order valence-corrected chi connectivity index (χ3v) is 5.60. The van der Waals surface area contributed by atoms with Crippen molar-refractivity contribution in [1.29, 1.82) is 0 Å². The van der Waals surface area contributed by atoms with Crippen LogP contribution < -0.4 is 15.1 Å². The maximum Gasteiger partial charge on any atom is 0.225 e. The van der Waals surface area contributed by atoms with E-state index in [0.29, 0.717) is 12.5 Å². The van der Waals surface area contributed by atoms with Gasteiger partial charge in [0.05, 0.1) is 12.6 Å². The summed E-state index contributed by atoms with van der Waals surface area (Å²) in [4.78, 5) is 25.6. The average Bonchev–Trinajstić information content (AvgIpc) is 3.14. The average molecular weight is 376 g/mol. The summed E-state index contributed by atoms with van der Waals surface area (Å²) >= 11 is 0. The molecule has 0 bridgehead atoms. The smallest absolute Gasteiger partial charge is 0.225 e.